The molecule has 1 aliphatic rings. The maximum atomic E-state index is 5.58. The Morgan fingerprint density at radius 1 is 1.37 bits per heavy atom. The van der Waals surface area contributed by atoms with E-state index < -0.39 is 0 Å². The van der Waals surface area contributed by atoms with Crippen LogP contribution in [-0.2, 0) is 13.1 Å². The summed E-state index contributed by atoms with van der Waals surface area (Å²) >= 11 is 0. The summed E-state index contributed by atoms with van der Waals surface area (Å²) in [5, 5.41) is 3.34. The molecule has 19 heavy (non-hydrogen) atoms. The molecule has 0 atom stereocenters. The fourth-order valence-corrected chi connectivity index (χ4v) is 2.92. The molecular formula is C16H28N2O. The summed E-state index contributed by atoms with van der Waals surface area (Å²) in [4.78, 5) is 2.57. The standard InChI is InChI=1S/C16H28N2O/c1-4-17-11-16-15(7-10-19-16)12-18-8-5-14(6-9-18)13(2)3/h7,10,13-14,17H,4-6,8-9,11-12H2,1-3H3. The molecule has 0 saturated carbocycles. The van der Waals surface area contributed by atoms with Crippen LogP contribution in [0.5, 0.6) is 0 Å². The number of hydrogen-bond donors (Lipinski definition) is 1. The van der Waals surface area contributed by atoms with E-state index >= 15 is 0 Å². The highest BCUT2D eigenvalue weighted by atomic mass is 16.3. The van der Waals surface area contributed by atoms with E-state index in [0.717, 1.165) is 37.2 Å². The van der Waals surface area contributed by atoms with Gasteiger partial charge >= 0.3 is 0 Å². The zero-order valence-electron chi connectivity index (χ0n) is 12.6. The van der Waals surface area contributed by atoms with Gasteiger partial charge in [-0.15, -0.1) is 0 Å². The highest BCUT2D eigenvalue weighted by molar-refractivity contribution is 5.17. The van der Waals surface area contributed by atoms with Crippen LogP contribution < -0.4 is 5.32 Å². The minimum Gasteiger partial charge on any atom is -0.468 e. The van der Waals surface area contributed by atoms with Gasteiger partial charge in [-0.2, -0.15) is 0 Å². The average molecular weight is 264 g/mol. The van der Waals surface area contributed by atoms with Gasteiger partial charge in [-0.05, 0) is 50.4 Å². The quantitative estimate of drug-likeness (QED) is 0.855. The van der Waals surface area contributed by atoms with Crippen molar-refractivity contribution in [2.75, 3.05) is 19.6 Å². The van der Waals surface area contributed by atoms with Gasteiger partial charge in [-0.1, -0.05) is 20.8 Å². The largest absolute Gasteiger partial charge is 0.468 e. The van der Waals surface area contributed by atoms with E-state index in [0.29, 0.717) is 0 Å². The Labute approximate surface area is 117 Å². The van der Waals surface area contributed by atoms with Crippen molar-refractivity contribution in [2.45, 2.75) is 46.7 Å². The van der Waals surface area contributed by atoms with Crippen LogP contribution in [0, 0.1) is 11.8 Å². The van der Waals surface area contributed by atoms with Gasteiger partial charge in [0.2, 0.25) is 0 Å². The highest BCUT2D eigenvalue weighted by Gasteiger charge is 2.22. The zero-order chi connectivity index (χ0) is 13.7. The third-order valence-electron chi connectivity index (χ3n) is 4.34. The van der Waals surface area contributed by atoms with Gasteiger partial charge in [0.15, 0.2) is 0 Å². The molecule has 0 radical (unpaired) electrons. The van der Waals surface area contributed by atoms with Crippen LogP contribution in [0.4, 0.5) is 0 Å². The molecule has 0 unspecified atom stereocenters. The maximum absolute atomic E-state index is 5.58. The van der Waals surface area contributed by atoms with Crippen molar-refractivity contribution in [1.82, 2.24) is 10.2 Å². The van der Waals surface area contributed by atoms with Crippen molar-refractivity contribution in [3.63, 3.8) is 0 Å². The van der Waals surface area contributed by atoms with Gasteiger partial charge < -0.3 is 9.73 Å². The first-order chi connectivity index (χ1) is 9.20. The first kappa shape index (κ1) is 14.6. The van der Waals surface area contributed by atoms with E-state index in [1.54, 1.807) is 0 Å². The number of piperidine rings is 1. The second-order valence-corrected chi connectivity index (χ2v) is 6.01. The highest BCUT2D eigenvalue weighted by Crippen LogP contribution is 2.25. The number of likely N-dealkylation sites (tertiary alicyclic amines) is 1. The molecule has 0 spiro atoms. The van der Waals surface area contributed by atoms with E-state index in [2.05, 4.69) is 37.1 Å². The van der Waals surface area contributed by atoms with Crippen LogP contribution in [0.25, 0.3) is 0 Å². The second kappa shape index (κ2) is 7.11. The molecule has 1 aliphatic heterocycles. The fourth-order valence-electron chi connectivity index (χ4n) is 2.92. The lowest BCUT2D eigenvalue weighted by Gasteiger charge is -2.33. The smallest absolute Gasteiger partial charge is 0.122 e. The van der Waals surface area contributed by atoms with Gasteiger partial charge in [0.05, 0.1) is 12.8 Å². The average Bonchev–Trinajstić information content (AvgIpc) is 2.84. The van der Waals surface area contributed by atoms with E-state index in [4.69, 9.17) is 4.42 Å². The van der Waals surface area contributed by atoms with Crippen LogP contribution in [0.1, 0.15) is 44.9 Å². The molecule has 1 saturated heterocycles. The first-order valence-corrected chi connectivity index (χ1v) is 7.69. The molecule has 108 valence electrons. The summed E-state index contributed by atoms with van der Waals surface area (Å²) in [6.45, 7) is 12.2. The molecule has 3 heteroatoms. The van der Waals surface area contributed by atoms with Crippen LogP contribution >= 0.6 is 0 Å². The molecule has 1 aromatic heterocycles. The third kappa shape index (κ3) is 4.08. The summed E-state index contributed by atoms with van der Waals surface area (Å²) in [5.41, 5.74) is 1.35. The Morgan fingerprint density at radius 3 is 2.74 bits per heavy atom. The number of nitrogens with one attached hydrogen (secondary N) is 1. The van der Waals surface area contributed by atoms with Crippen LogP contribution in [0.3, 0.4) is 0 Å². The number of hydrogen-bond acceptors (Lipinski definition) is 3. The van der Waals surface area contributed by atoms with Crippen LogP contribution in [-0.4, -0.2) is 24.5 Å². The van der Waals surface area contributed by atoms with E-state index in [-0.39, 0.29) is 0 Å². The molecule has 2 heterocycles. The third-order valence-corrected chi connectivity index (χ3v) is 4.34. The Kier molecular flexibility index (Phi) is 5.46. The fraction of sp³-hybridized carbons (Fsp3) is 0.750. The lowest BCUT2D eigenvalue weighted by Crippen LogP contribution is -2.35. The Hall–Kier alpha value is -0.800. The summed E-state index contributed by atoms with van der Waals surface area (Å²) in [5.74, 6) is 2.86. The molecule has 1 N–H and O–H groups in total. The second-order valence-electron chi connectivity index (χ2n) is 6.01. The molecule has 0 aliphatic carbocycles. The van der Waals surface area contributed by atoms with Crippen molar-refractivity contribution in [1.29, 1.82) is 0 Å². The molecule has 3 nitrogen and oxygen atoms in total. The van der Waals surface area contributed by atoms with Crippen molar-refractivity contribution < 1.29 is 4.42 Å². The van der Waals surface area contributed by atoms with Gasteiger partial charge in [0.25, 0.3) is 0 Å². The van der Waals surface area contributed by atoms with Gasteiger partial charge in [-0.3, -0.25) is 4.90 Å². The molecular weight excluding hydrogens is 236 g/mol. The number of nitrogens with zero attached hydrogens (tertiary/aromatic N) is 1. The van der Waals surface area contributed by atoms with E-state index in [1.807, 2.05) is 6.26 Å². The Morgan fingerprint density at radius 2 is 2.11 bits per heavy atom. The van der Waals surface area contributed by atoms with Crippen molar-refractivity contribution in [3.8, 4) is 0 Å². The monoisotopic (exact) mass is 264 g/mol. The van der Waals surface area contributed by atoms with E-state index in [1.165, 1.54) is 31.5 Å². The molecule has 1 fully saturated rings. The molecule has 0 bridgehead atoms. The minimum absolute atomic E-state index is 0.834. The van der Waals surface area contributed by atoms with Gasteiger partial charge in [0.1, 0.15) is 5.76 Å². The minimum atomic E-state index is 0.834. The predicted octanol–water partition coefficient (Wildman–Crippen LogP) is 3.26. The van der Waals surface area contributed by atoms with Gasteiger partial charge in [-0.25, -0.2) is 0 Å². The van der Waals surface area contributed by atoms with Crippen molar-refractivity contribution in [2.24, 2.45) is 11.8 Å². The Balaban J connectivity index is 1.83. The molecule has 0 amide bonds. The number of furan rings is 1. The molecule has 0 aromatic carbocycles. The molecule has 2 rings (SSSR count). The summed E-state index contributed by atoms with van der Waals surface area (Å²) in [7, 11) is 0. The van der Waals surface area contributed by atoms with Gasteiger partial charge in [0, 0.05) is 12.1 Å². The lowest BCUT2D eigenvalue weighted by molar-refractivity contribution is 0.151. The molecule has 1 aromatic rings. The van der Waals surface area contributed by atoms with Crippen molar-refractivity contribution in [3.05, 3.63) is 23.7 Å². The summed E-state index contributed by atoms with van der Waals surface area (Å²) < 4.78 is 5.58. The summed E-state index contributed by atoms with van der Waals surface area (Å²) in [6, 6.07) is 2.13. The van der Waals surface area contributed by atoms with E-state index in [9.17, 15) is 0 Å². The first-order valence-electron chi connectivity index (χ1n) is 7.69. The lowest BCUT2D eigenvalue weighted by atomic mass is 9.86. The maximum Gasteiger partial charge on any atom is 0.122 e. The predicted molar refractivity (Wildman–Crippen MR) is 78.9 cm³/mol. The summed E-state index contributed by atoms with van der Waals surface area (Å²) in [6.07, 6.45) is 4.51. The SMILES string of the molecule is CCNCc1occc1CN1CCC(C(C)C)CC1. The normalized spacial score (nSPS) is 18.3. The number of rotatable bonds is 6. The topological polar surface area (TPSA) is 28.4 Å². The van der Waals surface area contributed by atoms with Crippen molar-refractivity contribution >= 4 is 0 Å². The Bertz CT molecular complexity index is 365. The zero-order valence-corrected chi connectivity index (χ0v) is 12.6. The van der Waals surface area contributed by atoms with Crippen LogP contribution in [0.15, 0.2) is 16.7 Å². The van der Waals surface area contributed by atoms with Crippen LogP contribution in [0.2, 0.25) is 0 Å².